The van der Waals surface area contributed by atoms with Crippen LogP contribution in [0.25, 0.3) is 0 Å². The average molecular weight is 257 g/mol. The average Bonchev–Trinajstić information content (AvgIpc) is 2.29. The first-order valence-corrected chi connectivity index (χ1v) is 6.12. The number of hydrogen-bond acceptors (Lipinski definition) is 2. The molecule has 0 heterocycles. The SMILES string of the molecule is CC(C)NCC(C)(C)COc1cccc(F)c1F. The Bertz CT molecular complexity index is 391. The third kappa shape index (κ3) is 4.61. The maximum absolute atomic E-state index is 13.4. The van der Waals surface area contributed by atoms with Gasteiger partial charge >= 0.3 is 0 Å². The van der Waals surface area contributed by atoms with Crippen LogP contribution in [0.1, 0.15) is 27.7 Å². The van der Waals surface area contributed by atoms with E-state index in [-0.39, 0.29) is 11.2 Å². The number of nitrogens with one attached hydrogen (secondary N) is 1. The summed E-state index contributed by atoms with van der Waals surface area (Å²) >= 11 is 0. The summed E-state index contributed by atoms with van der Waals surface area (Å²) in [6.45, 7) is 9.22. The van der Waals surface area contributed by atoms with E-state index in [9.17, 15) is 8.78 Å². The fourth-order valence-electron chi connectivity index (χ4n) is 1.40. The van der Waals surface area contributed by atoms with Crippen molar-refractivity contribution < 1.29 is 13.5 Å². The monoisotopic (exact) mass is 257 g/mol. The zero-order valence-electron chi connectivity index (χ0n) is 11.4. The van der Waals surface area contributed by atoms with Crippen molar-refractivity contribution in [2.45, 2.75) is 33.7 Å². The summed E-state index contributed by atoms with van der Waals surface area (Å²) in [7, 11) is 0. The number of rotatable bonds is 6. The Morgan fingerprint density at radius 1 is 1.28 bits per heavy atom. The molecule has 0 amide bonds. The Labute approximate surface area is 107 Å². The molecule has 0 fully saturated rings. The molecule has 18 heavy (non-hydrogen) atoms. The summed E-state index contributed by atoms with van der Waals surface area (Å²) in [5, 5.41) is 3.30. The van der Waals surface area contributed by atoms with Gasteiger partial charge in [-0.05, 0) is 12.1 Å². The van der Waals surface area contributed by atoms with Gasteiger partial charge in [0.15, 0.2) is 11.6 Å². The van der Waals surface area contributed by atoms with Crippen LogP contribution in [0.3, 0.4) is 0 Å². The van der Waals surface area contributed by atoms with Crippen LogP contribution in [0, 0.1) is 17.0 Å². The van der Waals surface area contributed by atoms with Crippen LogP contribution in [0.15, 0.2) is 18.2 Å². The van der Waals surface area contributed by atoms with E-state index in [2.05, 4.69) is 19.2 Å². The highest BCUT2D eigenvalue weighted by Crippen LogP contribution is 2.22. The minimum Gasteiger partial charge on any atom is -0.490 e. The Kier molecular flexibility index (Phi) is 5.08. The molecule has 0 aliphatic rings. The standard InChI is InChI=1S/C14H21F2NO/c1-10(2)17-8-14(3,4)9-18-12-7-5-6-11(15)13(12)16/h5-7,10,17H,8-9H2,1-4H3. The smallest absolute Gasteiger partial charge is 0.200 e. The number of halogens is 2. The Morgan fingerprint density at radius 3 is 2.56 bits per heavy atom. The molecule has 102 valence electrons. The zero-order chi connectivity index (χ0) is 13.8. The van der Waals surface area contributed by atoms with Crippen molar-refractivity contribution in [3.63, 3.8) is 0 Å². The fourth-order valence-corrected chi connectivity index (χ4v) is 1.40. The molecule has 0 aliphatic carbocycles. The minimum absolute atomic E-state index is 0.0346. The van der Waals surface area contributed by atoms with Gasteiger partial charge in [-0.1, -0.05) is 33.8 Å². The molecular formula is C14H21F2NO. The van der Waals surface area contributed by atoms with Crippen LogP contribution < -0.4 is 10.1 Å². The quantitative estimate of drug-likeness (QED) is 0.843. The molecule has 0 unspecified atom stereocenters. The predicted molar refractivity (Wildman–Crippen MR) is 68.8 cm³/mol. The van der Waals surface area contributed by atoms with Gasteiger partial charge in [0.25, 0.3) is 0 Å². The Balaban J connectivity index is 2.56. The zero-order valence-corrected chi connectivity index (χ0v) is 11.4. The van der Waals surface area contributed by atoms with Crippen molar-refractivity contribution in [2.24, 2.45) is 5.41 Å². The molecule has 0 bridgehead atoms. The Morgan fingerprint density at radius 2 is 1.94 bits per heavy atom. The van der Waals surface area contributed by atoms with Crippen molar-refractivity contribution in [3.05, 3.63) is 29.8 Å². The molecule has 1 aromatic rings. The van der Waals surface area contributed by atoms with E-state index in [1.807, 2.05) is 13.8 Å². The van der Waals surface area contributed by atoms with Crippen LogP contribution >= 0.6 is 0 Å². The molecule has 1 rings (SSSR count). The van der Waals surface area contributed by atoms with Gasteiger partial charge in [0, 0.05) is 18.0 Å². The summed E-state index contributed by atoms with van der Waals surface area (Å²) in [6.07, 6.45) is 0. The summed E-state index contributed by atoms with van der Waals surface area (Å²) < 4.78 is 31.7. The fraction of sp³-hybridized carbons (Fsp3) is 0.571. The highest BCUT2D eigenvalue weighted by Gasteiger charge is 2.20. The molecule has 2 nitrogen and oxygen atoms in total. The predicted octanol–water partition coefficient (Wildman–Crippen LogP) is 3.37. The third-order valence-corrected chi connectivity index (χ3v) is 2.52. The van der Waals surface area contributed by atoms with Gasteiger partial charge in [-0.25, -0.2) is 4.39 Å². The number of hydrogen-bond donors (Lipinski definition) is 1. The molecule has 0 aliphatic heterocycles. The van der Waals surface area contributed by atoms with E-state index in [1.54, 1.807) is 0 Å². The van der Waals surface area contributed by atoms with Gasteiger partial charge in [-0.3, -0.25) is 0 Å². The van der Waals surface area contributed by atoms with Gasteiger partial charge < -0.3 is 10.1 Å². The third-order valence-electron chi connectivity index (χ3n) is 2.52. The van der Waals surface area contributed by atoms with Crippen molar-refractivity contribution in [1.29, 1.82) is 0 Å². The van der Waals surface area contributed by atoms with Crippen LogP contribution in [0.4, 0.5) is 8.78 Å². The largest absolute Gasteiger partial charge is 0.490 e. The van der Waals surface area contributed by atoms with Crippen LogP contribution in [0.5, 0.6) is 5.75 Å². The van der Waals surface area contributed by atoms with Gasteiger partial charge in [0.2, 0.25) is 5.82 Å². The second-order valence-corrected chi connectivity index (χ2v) is 5.54. The summed E-state index contributed by atoms with van der Waals surface area (Å²) in [5.74, 6) is -1.84. The van der Waals surface area contributed by atoms with Crippen molar-refractivity contribution >= 4 is 0 Å². The van der Waals surface area contributed by atoms with Gasteiger partial charge in [0.1, 0.15) is 0 Å². The molecule has 0 saturated carbocycles. The topological polar surface area (TPSA) is 21.3 Å². The Hall–Kier alpha value is -1.16. The lowest BCUT2D eigenvalue weighted by atomic mass is 9.94. The van der Waals surface area contributed by atoms with E-state index in [0.29, 0.717) is 12.6 Å². The summed E-state index contributed by atoms with van der Waals surface area (Å²) in [6, 6.07) is 4.33. The molecular weight excluding hydrogens is 236 g/mol. The lowest BCUT2D eigenvalue weighted by Crippen LogP contribution is -2.37. The first-order chi connectivity index (χ1) is 8.32. The normalized spacial score (nSPS) is 11.9. The lowest BCUT2D eigenvalue weighted by molar-refractivity contribution is 0.167. The molecule has 0 aromatic heterocycles. The van der Waals surface area contributed by atoms with Crippen molar-refractivity contribution in [3.8, 4) is 5.75 Å². The summed E-state index contributed by atoms with van der Waals surface area (Å²) in [5.41, 5.74) is -0.150. The lowest BCUT2D eigenvalue weighted by Gasteiger charge is -2.26. The van der Waals surface area contributed by atoms with Crippen LogP contribution in [-0.4, -0.2) is 19.2 Å². The van der Waals surface area contributed by atoms with E-state index in [0.717, 1.165) is 12.6 Å². The maximum Gasteiger partial charge on any atom is 0.200 e. The molecule has 0 spiro atoms. The van der Waals surface area contributed by atoms with E-state index in [1.165, 1.54) is 12.1 Å². The second kappa shape index (κ2) is 6.14. The van der Waals surface area contributed by atoms with Crippen LogP contribution in [0.2, 0.25) is 0 Å². The van der Waals surface area contributed by atoms with Crippen molar-refractivity contribution in [2.75, 3.05) is 13.2 Å². The van der Waals surface area contributed by atoms with Gasteiger partial charge in [0.05, 0.1) is 6.61 Å². The molecule has 4 heteroatoms. The first-order valence-electron chi connectivity index (χ1n) is 6.12. The van der Waals surface area contributed by atoms with E-state index in [4.69, 9.17) is 4.74 Å². The maximum atomic E-state index is 13.4. The molecule has 1 aromatic carbocycles. The molecule has 0 radical (unpaired) electrons. The first kappa shape index (κ1) is 14.9. The highest BCUT2D eigenvalue weighted by atomic mass is 19.2. The van der Waals surface area contributed by atoms with Gasteiger partial charge in [-0.2, -0.15) is 4.39 Å². The molecule has 0 saturated heterocycles. The molecule has 0 atom stereocenters. The molecule has 1 N–H and O–H groups in total. The van der Waals surface area contributed by atoms with E-state index >= 15 is 0 Å². The highest BCUT2D eigenvalue weighted by molar-refractivity contribution is 5.25. The number of benzene rings is 1. The van der Waals surface area contributed by atoms with E-state index < -0.39 is 11.6 Å². The second-order valence-electron chi connectivity index (χ2n) is 5.54. The van der Waals surface area contributed by atoms with Crippen LogP contribution in [-0.2, 0) is 0 Å². The van der Waals surface area contributed by atoms with Gasteiger partial charge in [-0.15, -0.1) is 0 Å². The number of ether oxygens (including phenoxy) is 1. The van der Waals surface area contributed by atoms with Crippen molar-refractivity contribution in [1.82, 2.24) is 5.32 Å². The summed E-state index contributed by atoms with van der Waals surface area (Å²) in [4.78, 5) is 0. The minimum atomic E-state index is -0.926.